The van der Waals surface area contributed by atoms with Gasteiger partial charge in [0.1, 0.15) is 5.84 Å². The molecule has 0 aromatic heterocycles. The first-order chi connectivity index (χ1) is 4.87. The third kappa shape index (κ3) is 6.12. The minimum atomic E-state index is 0.337. The summed E-state index contributed by atoms with van der Waals surface area (Å²) in [6.45, 7) is 9.72. The van der Waals surface area contributed by atoms with Crippen LogP contribution in [-0.4, -0.2) is 15.5 Å². The van der Waals surface area contributed by atoms with E-state index in [4.69, 9.17) is 0 Å². The normalized spacial score (nSPS) is 13.5. The Hall–Kier alpha value is 0.930. The maximum atomic E-state index is 4.08. The summed E-state index contributed by atoms with van der Waals surface area (Å²) in [6.07, 6.45) is 0. The van der Waals surface area contributed by atoms with Crippen LogP contribution in [0, 0.1) is 5.41 Å². The van der Waals surface area contributed by atoms with Crippen LogP contribution in [0.2, 0.25) is 0 Å². The number of hydrogen-bond acceptors (Lipinski definition) is 1. The Balaban J connectivity index is 3.98. The van der Waals surface area contributed by atoms with Gasteiger partial charge in [0.15, 0.2) is 0 Å². The van der Waals surface area contributed by atoms with Gasteiger partial charge in [0.05, 0.1) is 45.7 Å². The summed E-state index contributed by atoms with van der Waals surface area (Å²) >= 11 is 4.31. The van der Waals surface area contributed by atoms with Gasteiger partial charge < -0.3 is 3.11 Å². The van der Waals surface area contributed by atoms with Gasteiger partial charge in [0.25, 0.3) is 0 Å². The first-order valence-electron chi connectivity index (χ1n) is 3.46. The molecule has 0 heterocycles. The topological polar surface area (TPSA) is 15.6 Å². The standard InChI is InChI=1S/C7H14I2N2/c1-6(10-8)11(9)5-7(2,3)4/h5H2,1-4H3. The van der Waals surface area contributed by atoms with E-state index >= 15 is 0 Å². The minimum Gasteiger partial charge on any atom is -0.302 e. The van der Waals surface area contributed by atoms with Crippen molar-refractivity contribution in [3.8, 4) is 0 Å². The van der Waals surface area contributed by atoms with Crippen LogP contribution in [0.25, 0.3) is 0 Å². The van der Waals surface area contributed by atoms with Crippen LogP contribution in [0.3, 0.4) is 0 Å². The van der Waals surface area contributed by atoms with E-state index in [1.54, 1.807) is 0 Å². The van der Waals surface area contributed by atoms with E-state index < -0.39 is 0 Å². The molecule has 0 fully saturated rings. The zero-order valence-electron chi connectivity index (χ0n) is 7.36. The summed E-state index contributed by atoms with van der Waals surface area (Å²) < 4.78 is 6.22. The molecular weight excluding hydrogens is 366 g/mol. The Morgan fingerprint density at radius 3 is 2.18 bits per heavy atom. The van der Waals surface area contributed by atoms with Crippen LogP contribution in [-0.2, 0) is 0 Å². The molecule has 4 heteroatoms. The number of nitrogens with zero attached hydrogens (tertiary/aromatic N) is 2. The molecule has 0 aliphatic rings. The molecule has 0 bridgehead atoms. The molecule has 0 radical (unpaired) electrons. The smallest absolute Gasteiger partial charge is 0.116 e. The lowest BCUT2D eigenvalue weighted by Crippen LogP contribution is -2.28. The van der Waals surface area contributed by atoms with E-state index in [1.165, 1.54) is 0 Å². The van der Waals surface area contributed by atoms with Crippen LogP contribution in [0.5, 0.6) is 0 Å². The summed E-state index contributed by atoms with van der Waals surface area (Å²) in [7, 11) is 0. The highest BCUT2D eigenvalue weighted by Gasteiger charge is 2.14. The van der Waals surface area contributed by atoms with Crippen LogP contribution < -0.4 is 0 Å². The fourth-order valence-corrected chi connectivity index (χ4v) is 2.38. The van der Waals surface area contributed by atoms with Crippen molar-refractivity contribution >= 4 is 51.6 Å². The fourth-order valence-electron chi connectivity index (χ4n) is 0.572. The maximum Gasteiger partial charge on any atom is 0.116 e. The predicted molar refractivity (Wildman–Crippen MR) is 67.3 cm³/mol. The van der Waals surface area contributed by atoms with Crippen LogP contribution >= 0.6 is 45.7 Å². The lowest BCUT2D eigenvalue weighted by molar-refractivity contribution is 0.368. The van der Waals surface area contributed by atoms with Gasteiger partial charge in [-0.3, -0.25) is 0 Å². The molecule has 0 aliphatic carbocycles. The summed E-state index contributed by atoms with van der Waals surface area (Å²) in [5.74, 6) is 1.07. The van der Waals surface area contributed by atoms with Crippen LogP contribution in [0.1, 0.15) is 27.7 Å². The van der Waals surface area contributed by atoms with Crippen molar-refractivity contribution in [1.82, 2.24) is 3.11 Å². The highest BCUT2D eigenvalue weighted by atomic mass is 127. The van der Waals surface area contributed by atoms with Gasteiger partial charge in [-0.15, -0.1) is 0 Å². The third-order valence-corrected chi connectivity index (χ3v) is 2.82. The summed E-state index contributed by atoms with van der Waals surface area (Å²) in [5, 5.41) is 0. The molecule has 0 aromatic rings. The molecule has 0 aliphatic heterocycles. The minimum absolute atomic E-state index is 0.337. The molecule has 0 saturated carbocycles. The molecule has 11 heavy (non-hydrogen) atoms. The lowest BCUT2D eigenvalue weighted by Gasteiger charge is -2.25. The van der Waals surface area contributed by atoms with Gasteiger partial charge in [-0.05, 0) is 12.3 Å². The third-order valence-electron chi connectivity index (χ3n) is 1.09. The predicted octanol–water partition coefficient (Wildman–Crippen LogP) is 3.45. The van der Waals surface area contributed by atoms with Crippen molar-refractivity contribution in [1.29, 1.82) is 0 Å². The Morgan fingerprint density at radius 2 is 1.91 bits per heavy atom. The van der Waals surface area contributed by atoms with Crippen molar-refractivity contribution in [2.24, 2.45) is 8.62 Å². The Kier molecular flexibility index (Phi) is 5.24. The molecule has 0 unspecified atom stereocenters. The zero-order chi connectivity index (χ0) is 9.07. The average molecular weight is 380 g/mol. The quantitative estimate of drug-likeness (QED) is 0.295. The number of rotatable bonds is 1. The molecule has 0 saturated heterocycles. The first kappa shape index (κ1) is 11.9. The monoisotopic (exact) mass is 380 g/mol. The van der Waals surface area contributed by atoms with Gasteiger partial charge >= 0.3 is 0 Å². The molecule has 0 atom stereocenters. The summed E-state index contributed by atoms with van der Waals surface area (Å²) in [5.41, 5.74) is 0.337. The Morgan fingerprint density at radius 1 is 1.45 bits per heavy atom. The lowest BCUT2D eigenvalue weighted by atomic mass is 9.97. The molecule has 0 amide bonds. The average Bonchev–Trinajstić information content (AvgIpc) is 1.82. The first-order valence-corrected chi connectivity index (χ1v) is 5.38. The second-order valence-corrected chi connectivity index (χ2v) is 5.36. The van der Waals surface area contributed by atoms with Gasteiger partial charge in [0, 0.05) is 6.54 Å². The molecule has 2 nitrogen and oxygen atoms in total. The highest BCUT2D eigenvalue weighted by molar-refractivity contribution is 14.1. The molecule has 66 valence electrons. The van der Waals surface area contributed by atoms with E-state index in [0.717, 1.165) is 12.4 Å². The Bertz CT molecular complexity index is 149. The van der Waals surface area contributed by atoms with Gasteiger partial charge in [0.2, 0.25) is 0 Å². The summed E-state index contributed by atoms with van der Waals surface area (Å²) in [6, 6.07) is 0. The van der Waals surface area contributed by atoms with E-state index in [9.17, 15) is 0 Å². The largest absolute Gasteiger partial charge is 0.302 e. The van der Waals surface area contributed by atoms with Crippen molar-refractivity contribution < 1.29 is 0 Å². The highest BCUT2D eigenvalue weighted by Crippen LogP contribution is 2.18. The molecule has 0 N–H and O–H groups in total. The number of amidine groups is 1. The van der Waals surface area contributed by atoms with Gasteiger partial charge in [-0.1, -0.05) is 20.8 Å². The van der Waals surface area contributed by atoms with E-state index in [1.807, 2.05) is 29.8 Å². The van der Waals surface area contributed by atoms with Gasteiger partial charge in [-0.25, -0.2) is 3.21 Å². The molecular formula is C7H14I2N2. The summed E-state index contributed by atoms with van der Waals surface area (Å²) in [4.78, 5) is 0. The van der Waals surface area contributed by atoms with Crippen LogP contribution in [0.4, 0.5) is 0 Å². The Labute approximate surface area is 96.8 Å². The fraction of sp³-hybridized carbons (Fsp3) is 0.857. The maximum absolute atomic E-state index is 4.08. The van der Waals surface area contributed by atoms with Crippen molar-refractivity contribution in [2.45, 2.75) is 27.7 Å². The van der Waals surface area contributed by atoms with E-state index in [2.05, 4.69) is 50.0 Å². The van der Waals surface area contributed by atoms with E-state index in [0.29, 0.717) is 5.41 Å². The van der Waals surface area contributed by atoms with Crippen molar-refractivity contribution in [2.75, 3.05) is 6.54 Å². The van der Waals surface area contributed by atoms with E-state index in [-0.39, 0.29) is 0 Å². The van der Waals surface area contributed by atoms with Gasteiger partial charge in [-0.2, -0.15) is 0 Å². The van der Waals surface area contributed by atoms with Crippen molar-refractivity contribution in [3.63, 3.8) is 0 Å². The molecule has 0 spiro atoms. The second kappa shape index (κ2) is 4.84. The van der Waals surface area contributed by atoms with Crippen molar-refractivity contribution in [3.05, 3.63) is 0 Å². The molecule has 0 rings (SSSR count). The second-order valence-electron chi connectivity index (χ2n) is 3.71. The number of halogens is 2. The zero-order valence-corrected chi connectivity index (χ0v) is 11.7. The SMILES string of the molecule is CC(=NI)N(I)CC(C)(C)C. The van der Waals surface area contributed by atoms with Crippen LogP contribution in [0.15, 0.2) is 3.21 Å². The molecule has 0 aromatic carbocycles. The number of hydrogen-bond donors (Lipinski definition) is 0.